The topological polar surface area (TPSA) is 823 Å². The lowest BCUT2D eigenvalue weighted by atomic mass is 10.1. The molecule has 0 saturated carbocycles. The SMILES string of the molecule is CO[C@@H]1[C@H](OP(=O)(O)OCCO)[C@@H](COP(=O)(O)O[C@H]2[C@@H](OC)[C@H](n3cnc4c(=O)[nH]c(N)nc43)O[C@@H]2COP(=O)(O)O[C@H]2[C@@H](OC)[C@H](n3cnc4c(=O)[nH]c(N)nc43)O[C@@H]2COP(=O)(O)O[C@H]2[C@@H](OC)[C@H](n3cnc4c(=O)[nH]c(N)nc43)O[C@@H]2COP(=O)(O)O[C@H]2C[C@H](n3cc(C)c(=O)[nH]c3=O)O[C@@H]2COCc2ccc(OCc3ccccc3)c(OCc3ccccc3)c2)O[C@H]1n1cnc2c(=O)[nH]c(N)nc21. The van der Waals surface area contributed by atoms with Crippen LogP contribution in [0.1, 0.15) is 59.8 Å². The standard InChI is InChI=1S/C77H93N22O39P5/c1-35-22-95(77(106)94-64(35)101)47-21-41(42(129-47)26-121-23-38-16-17-39(122-24-36-12-8-6-9-13-36)40(20-38)123-25-37-14-10-7-11-15-37)134-140(109,110)125-27-43-53(57(118-3)70(130-43)97-32-83-49-61(97)87-74(79)91-66(49)103)136-142(113,114)127-29-45-55(59(120-5)72(132-45)99-34-85-51-63(99)89-76(81)93-68(51)105)138-143(115,116)128-30-46-54(58(119-4)71(133-46)98-33-84-50-62(98)88-75(80)92-67(50)104)137-141(111,112)126-28-44-52(135-139(107,108)124-19-18-100)56(117-2)69(131-44)96-31-82-48-60(96)86-73(78)90-65(48)102/h6-17,20,22,31-34,41-47,52-59,69-72,100H,18-19,21,23-30H2,1-5H3,(H,107,108)(H,109,110)(H,111,112)(H,113,114)(H,115,116)(H,94,101,106)(H3,78,86,90,102)(H3,79,87,91,103)(H3,80,88,92,104)(H3,81,89,93,105)/t41-,42+,43+,44+,45+,46+,47+,52+,53+,54+,55+,56+,57+,58+,59+,69+,70+,71+,72+/m0/s1. The number of hydrogen-bond acceptors (Lipinski definition) is 46. The first-order chi connectivity index (χ1) is 68.3. The van der Waals surface area contributed by atoms with E-state index in [2.05, 4.69) is 64.8 Å². The van der Waals surface area contributed by atoms with Crippen LogP contribution in [0.2, 0.25) is 0 Å². The van der Waals surface area contributed by atoms with Crippen LogP contribution in [-0.4, -0.2) is 277 Å². The number of aliphatic hydroxyl groups is 1. The van der Waals surface area contributed by atoms with Gasteiger partial charge in [0.15, 0.2) is 81.1 Å². The summed E-state index contributed by atoms with van der Waals surface area (Å²) in [5.74, 6) is -0.960. The summed E-state index contributed by atoms with van der Waals surface area (Å²) in [6.45, 7) is -5.17. The minimum atomic E-state index is -5.93. The molecule has 5 aliphatic rings. The maximum absolute atomic E-state index is 15.1. The van der Waals surface area contributed by atoms with Gasteiger partial charge in [0, 0.05) is 46.6 Å². The molecule has 61 nitrogen and oxygen atoms in total. The number of aromatic nitrogens is 18. The van der Waals surface area contributed by atoms with Gasteiger partial charge in [0.05, 0.1) is 78.2 Å². The van der Waals surface area contributed by atoms with Crippen molar-refractivity contribution in [3.05, 3.63) is 195 Å². The highest BCUT2D eigenvalue weighted by atomic mass is 31.2. The van der Waals surface area contributed by atoms with Gasteiger partial charge in [-0.3, -0.25) is 117 Å². The molecule has 5 aliphatic heterocycles. The van der Waals surface area contributed by atoms with E-state index in [1.807, 2.05) is 60.7 Å². The lowest BCUT2D eigenvalue weighted by Gasteiger charge is -2.28. The summed E-state index contributed by atoms with van der Waals surface area (Å²) >= 11 is 0. The molecule has 0 amide bonds. The van der Waals surface area contributed by atoms with Gasteiger partial charge in [0.1, 0.15) is 105 Å². The van der Waals surface area contributed by atoms with E-state index in [-0.39, 0.29) is 82.4 Å². The van der Waals surface area contributed by atoms with Crippen LogP contribution >= 0.6 is 39.1 Å². The third kappa shape index (κ3) is 22.8. The number of H-pyrrole nitrogens is 5. The third-order valence-corrected chi connectivity index (χ3v) is 28.0. The molecule has 0 spiro atoms. The second-order valence-corrected chi connectivity index (χ2v) is 39.4. The number of anilines is 4. The Kier molecular flexibility index (Phi) is 30.8. The molecule has 0 radical (unpaired) electrons. The second-order valence-electron chi connectivity index (χ2n) is 32.4. The Bertz CT molecular complexity index is 7280. The number of nitrogens with two attached hydrogens (primary N) is 4. The zero-order valence-corrected chi connectivity index (χ0v) is 79.6. The van der Waals surface area contributed by atoms with Gasteiger partial charge >= 0.3 is 44.8 Å². The first-order valence-electron chi connectivity index (χ1n) is 42.8. The van der Waals surface area contributed by atoms with Crippen molar-refractivity contribution >= 4 is 108 Å². The molecule has 3 aromatic carbocycles. The molecule has 19 N–H and O–H groups in total. The Morgan fingerprint density at radius 3 is 1.08 bits per heavy atom. The molecule has 770 valence electrons. The number of phosphoric ester groups is 5. The van der Waals surface area contributed by atoms with E-state index in [1.165, 1.54) is 13.1 Å². The number of nitrogens with one attached hydrogen (secondary N) is 5. The summed E-state index contributed by atoms with van der Waals surface area (Å²) in [5, 5.41) is 9.48. The van der Waals surface area contributed by atoms with Crippen molar-refractivity contribution in [1.29, 1.82) is 0 Å². The lowest BCUT2D eigenvalue weighted by Crippen LogP contribution is -2.39. The van der Waals surface area contributed by atoms with E-state index >= 15 is 9.13 Å². The van der Waals surface area contributed by atoms with E-state index < -0.39 is 253 Å². The summed E-state index contributed by atoms with van der Waals surface area (Å²) in [5.41, 5.74) is 18.8. The predicted octanol–water partition coefficient (Wildman–Crippen LogP) is 0.522. The average molecular weight is 2110 g/mol. The van der Waals surface area contributed by atoms with Crippen LogP contribution in [0.3, 0.4) is 0 Å². The number of aliphatic hydroxyl groups excluding tert-OH is 1. The highest BCUT2D eigenvalue weighted by molar-refractivity contribution is 7.48. The third-order valence-electron chi connectivity index (χ3n) is 23.0. The van der Waals surface area contributed by atoms with Gasteiger partial charge in [-0.1, -0.05) is 66.7 Å². The van der Waals surface area contributed by atoms with Gasteiger partial charge in [-0.05, 0) is 35.7 Å². The Morgan fingerprint density at radius 2 is 0.734 bits per heavy atom. The molecular formula is C77H93N22O39P5. The molecule has 5 unspecified atom stereocenters. The average Bonchev–Trinajstić information content (AvgIpc) is 1.61. The van der Waals surface area contributed by atoms with Crippen LogP contribution in [0.5, 0.6) is 11.5 Å². The van der Waals surface area contributed by atoms with E-state index in [4.69, 9.17) is 125 Å². The summed E-state index contributed by atoms with van der Waals surface area (Å²) in [6.07, 6.45) is -28.4. The number of aryl methyl sites for hydroxylation is 1. The van der Waals surface area contributed by atoms with Crippen LogP contribution in [0, 0.1) is 6.92 Å². The minimum absolute atomic E-state index is 0.0813. The Balaban J connectivity index is 0.630. The fourth-order valence-corrected chi connectivity index (χ4v) is 21.4. The van der Waals surface area contributed by atoms with Crippen LogP contribution in [0.25, 0.3) is 44.7 Å². The molecular weight excluding hydrogens is 2010 g/mol. The summed E-state index contributed by atoms with van der Waals surface area (Å²) < 4.78 is 209. The summed E-state index contributed by atoms with van der Waals surface area (Å²) in [4.78, 5) is 182. The van der Waals surface area contributed by atoms with Crippen LogP contribution < -0.4 is 65.9 Å². The van der Waals surface area contributed by atoms with Gasteiger partial charge in [-0.25, -0.2) is 47.6 Å². The van der Waals surface area contributed by atoms with Crippen molar-refractivity contribution in [2.75, 3.05) is 97.6 Å². The Labute approximate surface area is 800 Å². The maximum Gasteiger partial charge on any atom is 0.472 e. The van der Waals surface area contributed by atoms with Crippen molar-refractivity contribution in [2.45, 2.75) is 150 Å². The van der Waals surface area contributed by atoms with E-state index in [0.29, 0.717) is 17.1 Å². The number of nitrogens with zero attached hydrogens (tertiary/aromatic N) is 13. The van der Waals surface area contributed by atoms with E-state index in [9.17, 15) is 72.0 Å². The zero-order valence-electron chi connectivity index (χ0n) is 75.2. The van der Waals surface area contributed by atoms with Gasteiger partial charge in [-0.15, -0.1) is 0 Å². The molecule has 0 aliphatic carbocycles. The number of hydrogen-bond donors (Lipinski definition) is 15. The molecule has 12 aromatic rings. The van der Waals surface area contributed by atoms with Crippen LogP contribution in [0.4, 0.5) is 23.8 Å². The predicted molar refractivity (Wildman–Crippen MR) is 482 cm³/mol. The second kappa shape index (κ2) is 42.8. The fourth-order valence-electron chi connectivity index (χ4n) is 16.6. The molecule has 14 heterocycles. The lowest BCUT2D eigenvalue weighted by molar-refractivity contribution is -0.0719. The number of rotatable bonds is 44. The molecule has 66 heteroatoms. The monoisotopic (exact) mass is 2100 g/mol. The van der Waals surface area contributed by atoms with E-state index in [1.54, 1.807) is 18.2 Å². The van der Waals surface area contributed by atoms with E-state index in [0.717, 1.165) is 87.7 Å². The minimum Gasteiger partial charge on any atom is -0.485 e. The molecule has 5 fully saturated rings. The number of nitrogen functional groups attached to an aromatic ring is 4. The van der Waals surface area contributed by atoms with Crippen molar-refractivity contribution < 1.29 is 154 Å². The quantitative estimate of drug-likeness (QED) is 0.0232. The van der Waals surface area contributed by atoms with Crippen molar-refractivity contribution in [1.82, 2.24) is 87.6 Å². The smallest absolute Gasteiger partial charge is 0.472 e. The Morgan fingerprint density at radius 1 is 0.392 bits per heavy atom. The zero-order chi connectivity index (χ0) is 101. The number of phosphoric acid groups is 5. The van der Waals surface area contributed by atoms with Gasteiger partial charge in [0.2, 0.25) is 23.8 Å². The summed E-state index contributed by atoms with van der Waals surface area (Å²) in [7, 11) is -24.1. The first-order valence-corrected chi connectivity index (χ1v) is 50.3. The highest BCUT2D eigenvalue weighted by Crippen LogP contribution is 2.58. The number of fused-ring (bicyclic) bond motifs is 4. The number of aromatic amines is 5. The molecule has 0 bridgehead atoms. The van der Waals surface area contributed by atoms with Crippen LogP contribution in [-0.2, 0) is 135 Å². The Hall–Kier alpha value is -11.4. The maximum atomic E-state index is 15.1. The van der Waals surface area contributed by atoms with Gasteiger partial charge in [-0.2, -0.15) is 19.9 Å². The van der Waals surface area contributed by atoms with Crippen molar-refractivity contribution in [2.24, 2.45) is 0 Å². The fraction of sp³-hybridized carbons (Fsp3) is 0.455. The number of imidazole rings is 4. The highest BCUT2D eigenvalue weighted by Gasteiger charge is 2.58. The first kappa shape index (κ1) is 103. The molecule has 24 atom stereocenters. The molecule has 143 heavy (non-hydrogen) atoms. The van der Waals surface area contributed by atoms with Gasteiger partial charge < -0.3 is 109 Å². The largest absolute Gasteiger partial charge is 0.485 e. The van der Waals surface area contributed by atoms with Crippen LogP contribution in [0.15, 0.2) is 139 Å². The number of ether oxygens (including phenoxy) is 12. The van der Waals surface area contributed by atoms with Crippen molar-refractivity contribution in [3.8, 4) is 11.5 Å². The molecule has 9 aromatic heterocycles. The van der Waals surface area contributed by atoms with Crippen molar-refractivity contribution in [3.63, 3.8) is 0 Å². The normalized spacial score (nSPS) is 26.7. The van der Waals surface area contributed by atoms with Gasteiger partial charge in [0.25, 0.3) is 27.8 Å². The summed E-state index contributed by atoms with van der Waals surface area (Å²) in [6, 6.07) is 23.9. The molecule has 17 rings (SSSR count). The number of methoxy groups -OCH3 is 4. The molecule has 5 saturated heterocycles. The number of benzene rings is 3.